The normalized spacial score (nSPS) is 12.4. The molecule has 0 saturated carbocycles. The lowest BCUT2D eigenvalue weighted by Gasteiger charge is -2.09. The number of ketones is 1. The van der Waals surface area contributed by atoms with Crippen molar-refractivity contribution in [1.82, 2.24) is 5.32 Å². The van der Waals surface area contributed by atoms with E-state index in [-0.39, 0.29) is 18.1 Å². The fraction of sp³-hybridized carbons (Fsp3) is 0.846. The number of Topliss-reactive ketones (excluding diaryl/α,β-unsaturated/α-hetero) is 1. The van der Waals surface area contributed by atoms with Gasteiger partial charge >= 0.3 is 5.97 Å². The number of carboxylic acid groups (broad SMARTS) is 1. The highest BCUT2D eigenvalue weighted by atomic mass is 16.4. The molecule has 0 fully saturated rings. The molecule has 1 unspecified atom stereocenters. The Morgan fingerprint density at radius 3 is 2.53 bits per heavy atom. The van der Waals surface area contributed by atoms with Crippen LogP contribution in [0.15, 0.2) is 0 Å². The van der Waals surface area contributed by atoms with Gasteiger partial charge in [-0.3, -0.25) is 9.59 Å². The van der Waals surface area contributed by atoms with Crippen molar-refractivity contribution >= 4 is 11.8 Å². The molecule has 0 amide bonds. The largest absolute Gasteiger partial charge is 0.481 e. The second-order valence-corrected chi connectivity index (χ2v) is 4.54. The molecule has 0 saturated heterocycles. The zero-order valence-corrected chi connectivity index (χ0v) is 11.0. The van der Waals surface area contributed by atoms with Crippen molar-refractivity contribution in [3.8, 4) is 0 Å². The predicted octanol–water partition coefficient (Wildman–Crippen LogP) is 2.23. The molecule has 0 aliphatic rings. The van der Waals surface area contributed by atoms with E-state index in [9.17, 15) is 9.59 Å². The number of unbranched alkanes of at least 4 members (excludes halogenated alkanes) is 2. The number of nitrogens with one attached hydrogen (secondary N) is 1. The first-order valence-corrected chi connectivity index (χ1v) is 6.53. The predicted molar refractivity (Wildman–Crippen MR) is 68.1 cm³/mol. The standard InChI is InChI=1S/C13H25NO3/c1-3-7-11(2)12(15)10-14-9-6-4-5-8-13(16)17/h11,14H,3-10H2,1-2H3,(H,16,17). The first-order valence-electron chi connectivity index (χ1n) is 6.53. The van der Waals surface area contributed by atoms with Crippen LogP contribution >= 0.6 is 0 Å². The Labute approximate surface area is 104 Å². The first kappa shape index (κ1) is 16.1. The van der Waals surface area contributed by atoms with E-state index in [4.69, 9.17) is 5.11 Å². The molecule has 0 aromatic rings. The number of aliphatic carboxylic acids is 1. The maximum atomic E-state index is 11.6. The van der Waals surface area contributed by atoms with Gasteiger partial charge in [0.2, 0.25) is 0 Å². The van der Waals surface area contributed by atoms with Gasteiger partial charge in [-0.25, -0.2) is 0 Å². The zero-order chi connectivity index (χ0) is 13.1. The highest BCUT2D eigenvalue weighted by Crippen LogP contribution is 2.05. The summed E-state index contributed by atoms with van der Waals surface area (Å²) in [5.74, 6) is -0.307. The molecular weight excluding hydrogens is 218 g/mol. The minimum atomic E-state index is -0.735. The van der Waals surface area contributed by atoms with E-state index in [1.807, 2.05) is 6.92 Å². The average molecular weight is 243 g/mol. The summed E-state index contributed by atoms with van der Waals surface area (Å²) in [7, 11) is 0. The van der Waals surface area contributed by atoms with Gasteiger partial charge in [-0.15, -0.1) is 0 Å². The smallest absolute Gasteiger partial charge is 0.303 e. The summed E-state index contributed by atoms with van der Waals surface area (Å²) in [4.78, 5) is 21.8. The highest BCUT2D eigenvalue weighted by molar-refractivity contribution is 5.82. The third-order valence-corrected chi connectivity index (χ3v) is 2.81. The van der Waals surface area contributed by atoms with Gasteiger partial charge in [0.1, 0.15) is 5.78 Å². The van der Waals surface area contributed by atoms with Crippen LogP contribution < -0.4 is 5.32 Å². The van der Waals surface area contributed by atoms with E-state index in [2.05, 4.69) is 12.2 Å². The summed E-state index contributed by atoms with van der Waals surface area (Å²) in [5, 5.41) is 11.6. The SMILES string of the molecule is CCCC(C)C(=O)CNCCCCCC(=O)O. The number of carboxylic acids is 1. The van der Waals surface area contributed by atoms with Crippen LogP contribution in [-0.4, -0.2) is 29.9 Å². The molecule has 0 rings (SSSR count). The van der Waals surface area contributed by atoms with Gasteiger partial charge in [-0.2, -0.15) is 0 Å². The topological polar surface area (TPSA) is 66.4 Å². The van der Waals surface area contributed by atoms with Crippen molar-refractivity contribution in [2.45, 2.75) is 52.4 Å². The van der Waals surface area contributed by atoms with Crippen LogP contribution in [0.4, 0.5) is 0 Å². The van der Waals surface area contributed by atoms with Crippen LogP contribution in [0.2, 0.25) is 0 Å². The fourth-order valence-electron chi connectivity index (χ4n) is 1.68. The molecule has 0 aliphatic heterocycles. The molecule has 0 aromatic carbocycles. The van der Waals surface area contributed by atoms with E-state index in [1.54, 1.807) is 0 Å². The van der Waals surface area contributed by atoms with Crippen LogP contribution in [0.25, 0.3) is 0 Å². The van der Waals surface area contributed by atoms with Crippen molar-refractivity contribution in [3.05, 3.63) is 0 Å². The number of carbonyl (C=O) groups excluding carboxylic acids is 1. The van der Waals surface area contributed by atoms with Gasteiger partial charge < -0.3 is 10.4 Å². The molecule has 0 spiro atoms. The van der Waals surface area contributed by atoms with Crippen LogP contribution in [0, 0.1) is 5.92 Å². The number of hydrogen-bond acceptors (Lipinski definition) is 3. The molecular formula is C13H25NO3. The Bertz CT molecular complexity index is 229. The molecule has 17 heavy (non-hydrogen) atoms. The zero-order valence-electron chi connectivity index (χ0n) is 11.0. The minimum absolute atomic E-state index is 0.152. The molecule has 0 heterocycles. The van der Waals surface area contributed by atoms with Crippen LogP contribution in [0.3, 0.4) is 0 Å². The first-order chi connectivity index (χ1) is 8.07. The quantitative estimate of drug-likeness (QED) is 0.546. The van der Waals surface area contributed by atoms with E-state index >= 15 is 0 Å². The second-order valence-electron chi connectivity index (χ2n) is 4.54. The van der Waals surface area contributed by atoms with Crippen LogP contribution in [0.1, 0.15) is 52.4 Å². The maximum absolute atomic E-state index is 11.6. The lowest BCUT2D eigenvalue weighted by molar-refractivity contribution is -0.137. The maximum Gasteiger partial charge on any atom is 0.303 e. The van der Waals surface area contributed by atoms with E-state index in [0.29, 0.717) is 6.54 Å². The Kier molecular flexibility index (Phi) is 9.72. The lowest BCUT2D eigenvalue weighted by Crippen LogP contribution is -2.27. The third-order valence-electron chi connectivity index (χ3n) is 2.81. The summed E-state index contributed by atoms with van der Waals surface area (Å²) in [5.41, 5.74) is 0. The Morgan fingerprint density at radius 1 is 1.24 bits per heavy atom. The van der Waals surface area contributed by atoms with Gasteiger partial charge in [-0.1, -0.05) is 26.7 Å². The van der Waals surface area contributed by atoms with E-state index in [0.717, 1.165) is 38.6 Å². The third kappa shape index (κ3) is 10.00. The van der Waals surface area contributed by atoms with Crippen LogP contribution in [0.5, 0.6) is 0 Å². The van der Waals surface area contributed by atoms with Crippen molar-refractivity contribution in [2.24, 2.45) is 5.92 Å². The number of rotatable bonds is 11. The second kappa shape index (κ2) is 10.3. The molecule has 4 nitrogen and oxygen atoms in total. The fourth-order valence-corrected chi connectivity index (χ4v) is 1.68. The number of hydrogen-bond donors (Lipinski definition) is 2. The van der Waals surface area contributed by atoms with Gasteiger partial charge in [0.25, 0.3) is 0 Å². The van der Waals surface area contributed by atoms with Crippen molar-refractivity contribution in [3.63, 3.8) is 0 Å². The summed E-state index contributed by atoms with van der Waals surface area (Å²) in [6, 6.07) is 0. The van der Waals surface area contributed by atoms with Crippen molar-refractivity contribution < 1.29 is 14.7 Å². The molecule has 1 atom stereocenters. The summed E-state index contributed by atoms with van der Waals surface area (Å²) in [6.07, 6.45) is 4.80. The molecule has 0 radical (unpaired) electrons. The van der Waals surface area contributed by atoms with Gasteiger partial charge in [-0.05, 0) is 25.8 Å². The highest BCUT2D eigenvalue weighted by Gasteiger charge is 2.10. The molecule has 0 aliphatic carbocycles. The van der Waals surface area contributed by atoms with E-state index < -0.39 is 5.97 Å². The Morgan fingerprint density at radius 2 is 1.94 bits per heavy atom. The molecule has 0 aromatic heterocycles. The summed E-state index contributed by atoms with van der Waals surface area (Å²) < 4.78 is 0. The van der Waals surface area contributed by atoms with Gasteiger partial charge in [0, 0.05) is 12.3 Å². The molecule has 0 bridgehead atoms. The minimum Gasteiger partial charge on any atom is -0.481 e. The van der Waals surface area contributed by atoms with Crippen LogP contribution in [-0.2, 0) is 9.59 Å². The van der Waals surface area contributed by atoms with Gasteiger partial charge in [0.15, 0.2) is 0 Å². The Hall–Kier alpha value is -0.900. The average Bonchev–Trinajstić information content (AvgIpc) is 2.27. The van der Waals surface area contributed by atoms with Gasteiger partial charge in [0.05, 0.1) is 6.54 Å². The lowest BCUT2D eigenvalue weighted by atomic mass is 10.0. The summed E-state index contributed by atoms with van der Waals surface area (Å²) >= 11 is 0. The molecule has 2 N–H and O–H groups in total. The van der Waals surface area contributed by atoms with Crippen molar-refractivity contribution in [1.29, 1.82) is 0 Å². The monoisotopic (exact) mass is 243 g/mol. The van der Waals surface area contributed by atoms with E-state index in [1.165, 1.54) is 0 Å². The molecule has 4 heteroatoms. The Balaban J connectivity index is 3.33. The number of carbonyl (C=O) groups is 2. The molecule has 100 valence electrons. The summed E-state index contributed by atoms with van der Waals surface area (Å²) in [6.45, 7) is 5.30. The van der Waals surface area contributed by atoms with Crippen molar-refractivity contribution in [2.75, 3.05) is 13.1 Å².